The monoisotopic (exact) mass is 577 g/mol. The van der Waals surface area contributed by atoms with Crippen LogP contribution < -0.4 is 4.72 Å². The minimum absolute atomic E-state index is 0.128. The molecule has 1 heterocycles. The lowest BCUT2D eigenvalue weighted by Gasteiger charge is -2.28. The summed E-state index contributed by atoms with van der Waals surface area (Å²) >= 11 is 1.08. The van der Waals surface area contributed by atoms with E-state index in [2.05, 4.69) is 35.6 Å². The van der Waals surface area contributed by atoms with E-state index in [0.29, 0.717) is 15.9 Å². The van der Waals surface area contributed by atoms with Gasteiger partial charge in [-0.25, -0.2) is 17.9 Å². The number of halogens is 3. The van der Waals surface area contributed by atoms with Gasteiger partial charge in [0, 0.05) is 5.56 Å². The van der Waals surface area contributed by atoms with Gasteiger partial charge in [0.2, 0.25) is 0 Å². The van der Waals surface area contributed by atoms with Crippen LogP contribution >= 0.6 is 11.3 Å². The highest BCUT2D eigenvalue weighted by Gasteiger charge is 2.38. The molecule has 0 unspecified atom stereocenters. The number of aryl methyl sites for hydroxylation is 1. The predicted molar refractivity (Wildman–Crippen MR) is 138 cm³/mol. The number of quaternary nitrogens is 1. The lowest BCUT2D eigenvalue weighted by Crippen LogP contribution is -2.49. The summed E-state index contributed by atoms with van der Waals surface area (Å²) in [5.74, 6) is 2.29. The van der Waals surface area contributed by atoms with Gasteiger partial charge in [0.05, 0.1) is 45.0 Å². The normalized spacial score (nSPS) is 12.5. The van der Waals surface area contributed by atoms with E-state index in [1.54, 1.807) is 6.07 Å². The predicted octanol–water partition coefficient (Wildman–Crippen LogP) is 3.95. The van der Waals surface area contributed by atoms with E-state index in [1.807, 2.05) is 33.3 Å². The fraction of sp³-hybridized carbons (Fsp3) is 0.440. The molecule has 0 aliphatic carbocycles. The quantitative estimate of drug-likeness (QED) is 0.291. The number of aliphatic carboxylic acids is 2. The highest BCUT2D eigenvalue weighted by Crippen LogP contribution is 2.22. The highest BCUT2D eigenvalue weighted by atomic mass is 32.2. The second kappa shape index (κ2) is 14.3. The summed E-state index contributed by atoms with van der Waals surface area (Å²) < 4.78 is 60.4. The number of sulfonamides is 1. The Morgan fingerprint density at radius 3 is 2.11 bits per heavy atom. The molecule has 0 saturated carbocycles. The maximum absolute atomic E-state index is 12.8. The highest BCUT2D eigenvalue weighted by molar-refractivity contribution is 7.91. The number of hydrogen-bond donors (Lipinski definition) is 3. The molecule has 3 N–H and O–H groups in total. The number of benzene rings is 1. The molecule has 8 nitrogen and oxygen atoms in total. The van der Waals surface area contributed by atoms with Crippen molar-refractivity contribution in [2.45, 2.75) is 49.0 Å². The van der Waals surface area contributed by atoms with Gasteiger partial charge in [0.25, 0.3) is 10.0 Å². The molecular weight excluding hydrogens is 545 g/mol. The van der Waals surface area contributed by atoms with Crippen LogP contribution in [0.3, 0.4) is 0 Å². The van der Waals surface area contributed by atoms with Crippen molar-refractivity contribution in [2.75, 3.05) is 27.7 Å². The van der Waals surface area contributed by atoms with Crippen molar-refractivity contribution in [3.05, 3.63) is 52.4 Å². The Bertz CT molecular complexity index is 1240. The molecule has 1 aromatic carbocycles. The van der Waals surface area contributed by atoms with Crippen LogP contribution in [0.5, 0.6) is 0 Å². The first-order valence-corrected chi connectivity index (χ1v) is 13.8. The number of alkyl halides is 3. The van der Waals surface area contributed by atoms with Gasteiger partial charge >= 0.3 is 18.1 Å². The van der Waals surface area contributed by atoms with Gasteiger partial charge in [-0.3, -0.25) is 4.79 Å². The van der Waals surface area contributed by atoms with E-state index in [9.17, 15) is 26.4 Å². The Morgan fingerprint density at radius 2 is 1.63 bits per heavy atom. The molecule has 2 rings (SSSR count). The summed E-state index contributed by atoms with van der Waals surface area (Å²) in [5, 5.41) is 16.3. The minimum atomic E-state index is -5.08. The van der Waals surface area contributed by atoms with Crippen molar-refractivity contribution < 1.29 is 45.9 Å². The Balaban J connectivity index is 0.000000905. The first-order valence-electron chi connectivity index (χ1n) is 11.5. The van der Waals surface area contributed by atoms with Gasteiger partial charge in [0.1, 0.15) is 4.21 Å². The number of carboxylic acids is 2. The number of thiophene rings is 1. The second-order valence-corrected chi connectivity index (χ2v) is 12.4. The molecule has 0 fully saturated rings. The first kappa shape index (κ1) is 33.1. The number of carbonyl (C=O) groups is 2. The summed E-state index contributed by atoms with van der Waals surface area (Å²) in [6.45, 7) is 2.53. The molecule has 1 aromatic heterocycles. The van der Waals surface area contributed by atoms with E-state index in [4.69, 9.17) is 15.0 Å². The van der Waals surface area contributed by atoms with Crippen LogP contribution in [0.25, 0.3) is 0 Å². The maximum Gasteiger partial charge on any atom is 0.490 e. The number of rotatable bonds is 10. The molecule has 38 heavy (non-hydrogen) atoms. The fourth-order valence-corrected chi connectivity index (χ4v) is 5.50. The molecule has 1 atom stereocenters. The average Bonchev–Trinajstić information content (AvgIpc) is 3.25. The van der Waals surface area contributed by atoms with E-state index in [1.165, 1.54) is 11.6 Å². The molecule has 0 radical (unpaired) electrons. The number of nitrogens with one attached hydrogen (secondary N) is 1. The van der Waals surface area contributed by atoms with E-state index < -0.39 is 34.2 Å². The Morgan fingerprint density at radius 1 is 1.05 bits per heavy atom. The Kier molecular flexibility index (Phi) is 12.5. The summed E-state index contributed by atoms with van der Waals surface area (Å²) in [7, 11) is 1.83. The molecule has 0 aliphatic rings. The zero-order valence-corrected chi connectivity index (χ0v) is 23.1. The summed E-state index contributed by atoms with van der Waals surface area (Å²) in [6.07, 6.45) is -1.98. The van der Waals surface area contributed by atoms with Crippen molar-refractivity contribution in [1.29, 1.82) is 0 Å². The zero-order chi connectivity index (χ0) is 29.1. The number of carboxylic acid groups (broad SMARTS) is 2. The second-order valence-electron chi connectivity index (χ2n) is 9.36. The first-order chi connectivity index (χ1) is 17.4. The zero-order valence-electron chi connectivity index (χ0n) is 21.5. The van der Waals surface area contributed by atoms with E-state index >= 15 is 0 Å². The van der Waals surface area contributed by atoms with Crippen LogP contribution in [0.4, 0.5) is 13.2 Å². The van der Waals surface area contributed by atoms with Gasteiger partial charge < -0.3 is 14.7 Å². The Hall–Kier alpha value is -2.92. The third-order valence-electron chi connectivity index (χ3n) is 4.70. The third kappa shape index (κ3) is 13.0. The van der Waals surface area contributed by atoms with Crippen molar-refractivity contribution in [1.82, 2.24) is 4.72 Å². The molecule has 0 aliphatic heterocycles. The van der Waals surface area contributed by atoms with Crippen molar-refractivity contribution >= 4 is 33.3 Å². The van der Waals surface area contributed by atoms with Crippen LogP contribution in [-0.2, 0) is 26.0 Å². The standard InChI is InChI=1S/C23H30N2O4S2.C2HF3O2/c1-5-6-7-18-8-10-19(11-9-18)12-13-21-14-15-23(30-21)31(28,29)24-20(16-22(26)27)17-25(2,3)4;3-2(4,5)1(6)7/h8-11,14-15,20,24H,5-7,16-17H2,1-4H3;(H,6,7)/p+1/t20-;/m1./s1. The summed E-state index contributed by atoms with van der Waals surface area (Å²) in [5.41, 5.74) is 2.16. The smallest absolute Gasteiger partial charge is 0.481 e. The van der Waals surface area contributed by atoms with Crippen molar-refractivity contribution in [3.8, 4) is 11.8 Å². The van der Waals surface area contributed by atoms with E-state index in [-0.39, 0.29) is 10.6 Å². The molecule has 2 aromatic rings. The molecule has 0 bridgehead atoms. The largest absolute Gasteiger partial charge is 0.490 e. The molecule has 0 spiro atoms. The average molecular weight is 578 g/mol. The number of hydrogen-bond acceptors (Lipinski definition) is 5. The molecule has 210 valence electrons. The van der Waals surface area contributed by atoms with E-state index in [0.717, 1.165) is 36.2 Å². The summed E-state index contributed by atoms with van der Waals surface area (Å²) in [6, 6.07) is 10.6. The lowest BCUT2D eigenvalue weighted by molar-refractivity contribution is -0.871. The summed E-state index contributed by atoms with van der Waals surface area (Å²) in [4.78, 5) is 20.7. The van der Waals surface area contributed by atoms with Crippen molar-refractivity contribution in [2.24, 2.45) is 0 Å². The van der Waals surface area contributed by atoms with Crippen LogP contribution in [0.2, 0.25) is 0 Å². The van der Waals surface area contributed by atoms with Crippen LogP contribution in [0, 0.1) is 11.8 Å². The van der Waals surface area contributed by atoms with Gasteiger partial charge in [-0.15, -0.1) is 11.3 Å². The molecule has 13 heteroatoms. The number of unbranched alkanes of at least 4 members (excludes halogenated alkanes) is 1. The van der Waals surface area contributed by atoms with Crippen molar-refractivity contribution in [3.63, 3.8) is 0 Å². The SMILES string of the molecule is CCCCc1ccc(C#Cc2ccc(S(=O)(=O)N[C@H](CC(=O)O)C[N+](C)(C)C)s2)cc1.O=C(O)C(F)(F)F. The molecular formula is C25H32F3N2O6S2+. The topological polar surface area (TPSA) is 121 Å². The van der Waals surface area contributed by atoms with Gasteiger partial charge in [-0.2, -0.15) is 13.2 Å². The number of nitrogens with zero attached hydrogens (tertiary/aromatic N) is 1. The third-order valence-corrected chi connectivity index (χ3v) is 7.72. The van der Waals surface area contributed by atoms with Crippen LogP contribution in [-0.4, -0.2) is 75.0 Å². The van der Waals surface area contributed by atoms with Gasteiger partial charge in [-0.1, -0.05) is 37.3 Å². The van der Waals surface area contributed by atoms with Gasteiger partial charge in [-0.05, 0) is 42.7 Å². The van der Waals surface area contributed by atoms with Gasteiger partial charge in [0.15, 0.2) is 0 Å². The van der Waals surface area contributed by atoms with Crippen LogP contribution in [0.1, 0.15) is 42.2 Å². The van der Waals surface area contributed by atoms with Crippen LogP contribution in [0.15, 0.2) is 40.6 Å². The lowest BCUT2D eigenvalue weighted by atomic mass is 10.1. The Labute approximate surface area is 224 Å². The molecule has 0 amide bonds. The fourth-order valence-electron chi connectivity index (χ4n) is 3.09. The number of likely N-dealkylation sites (N-methyl/N-ethyl adjacent to an activating group) is 1. The molecule has 0 saturated heterocycles. The minimum Gasteiger partial charge on any atom is -0.481 e. The maximum atomic E-state index is 12.8.